The van der Waals surface area contributed by atoms with E-state index in [9.17, 15) is 19.8 Å². The van der Waals surface area contributed by atoms with Gasteiger partial charge in [0, 0.05) is 5.38 Å². The summed E-state index contributed by atoms with van der Waals surface area (Å²) in [6.45, 7) is 1.82. The number of nitrogens with zero attached hydrogens (tertiary/aromatic N) is 2. The van der Waals surface area contributed by atoms with E-state index in [0.717, 1.165) is 11.3 Å². The van der Waals surface area contributed by atoms with Crippen molar-refractivity contribution < 1.29 is 24.9 Å². The Bertz CT molecular complexity index is 510. The number of β-amino-alcohol motifs (C(OH)–C–C–N with tert-alkyl or cyclic N) is 2. The molecule has 2 amide bonds. The third kappa shape index (κ3) is 3.06. The molecule has 2 heterocycles. The van der Waals surface area contributed by atoms with E-state index < -0.39 is 30.3 Å². The molecule has 9 heteroatoms. The molecule has 0 saturated carbocycles. The second-order valence-electron chi connectivity index (χ2n) is 4.59. The molecule has 0 radical (unpaired) electrons. The average molecular weight is 301 g/mol. The lowest BCUT2D eigenvalue weighted by molar-refractivity contribution is 0.0572. The summed E-state index contributed by atoms with van der Waals surface area (Å²) in [5, 5.41) is 32.1. The number of rotatable bonds is 3. The summed E-state index contributed by atoms with van der Waals surface area (Å²) in [4.78, 5) is 27.9. The maximum atomic E-state index is 11.9. The highest BCUT2D eigenvalue weighted by molar-refractivity contribution is 7.09. The van der Waals surface area contributed by atoms with Crippen LogP contribution in [0.4, 0.5) is 4.79 Å². The van der Waals surface area contributed by atoms with Crippen molar-refractivity contribution in [1.29, 1.82) is 0 Å². The summed E-state index contributed by atoms with van der Waals surface area (Å²) < 4.78 is 0. The van der Waals surface area contributed by atoms with Crippen LogP contribution in [-0.4, -0.2) is 62.5 Å². The van der Waals surface area contributed by atoms with Crippen LogP contribution in [0.2, 0.25) is 0 Å². The van der Waals surface area contributed by atoms with Gasteiger partial charge in [-0.1, -0.05) is 0 Å². The quantitative estimate of drug-likeness (QED) is 0.605. The molecule has 110 valence electrons. The van der Waals surface area contributed by atoms with Crippen LogP contribution in [0.1, 0.15) is 28.5 Å². The van der Waals surface area contributed by atoms with Gasteiger partial charge in [-0.25, -0.2) is 14.6 Å². The molecule has 1 fully saturated rings. The van der Waals surface area contributed by atoms with Crippen molar-refractivity contribution in [2.24, 2.45) is 0 Å². The van der Waals surface area contributed by atoms with Gasteiger partial charge in [0.05, 0.1) is 31.3 Å². The Morgan fingerprint density at radius 2 is 2.05 bits per heavy atom. The van der Waals surface area contributed by atoms with Crippen LogP contribution < -0.4 is 5.32 Å². The molecule has 0 bridgehead atoms. The van der Waals surface area contributed by atoms with Crippen molar-refractivity contribution >= 4 is 23.3 Å². The average Bonchev–Trinajstić information content (AvgIpc) is 2.97. The Kier molecular flexibility index (Phi) is 4.21. The van der Waals surface area contributed by atoms with Gasteiger partial charge in [-0.3, -0.25) is 0 Å². The van der Waals surface area contributed by atoms with E-state index in [2.05, 4.69) is 10.3 Å². The van der Waals surface area contributed by atoms with E-state index in [4.69, 9.17) is 5.11 Å². The number of aromatic nitrogens is 1. The number of hydrogen-bond acceptors (Lipinski definition) is 6. The first-order valence-corrected chi connectivity index (χ1v) is 6.86. The van der Waals surface area contributed by atoms with Crippen LogP contribution in [0, 0.1) is 0 Å². The molecule has 1 aromatic rings. The maximum absolute atomic E-state index is 11.9. The van der Waals surface area contributed by atoms with Crippen molar-refractivity contribution in [1.82, 2.24) is 15.2 Å². The number of nitrogens with one attached hydrogen (secondary N) is 1. The highest BCUT2D eigenvalue weighted by atomic mass is 32.1. The van der Waals surface area contributed by atoms with E-state index in [1.807, 2.05) is 0 Å². The lowest BCUT2D eigenvalue weighted by Crippen LogP contribution is -2.40. The first kappa shape index (κ1) is 14.7. The van der Waals surface area contributed by atoms with E-state index in [0.29, 0.717) is 5.01 Å². The zero-order valence-electron chi connectivity index (χ0n) is 10.7. The van der Waals surface area contributed by atoms with Gasteiger partial charge in [0.25, 0.3) is 0 Å². The minimum absolute atomic E-state index is 0.0573. The Hall–Kier alpha value is -1.71. The SMILES string of the molecule is CC(NC(=O)N1CC(O)C(O)C1)c1nc(C(=O)O)cs1. The molecular weight excluding hydrogens is 286 g/mol. The molecule has 2 rings (SSSR count). The predicted molar refractivity (Wildman–Crippen MR) is 69.6 cm³/mol. The number of urea groups is 1. The molecule has 1 aromatic heterocycles. The van der Waals surface area contributed by atoms with Gasteiger partial charge in [-0.2, -0.15) is 0 Å². The minimum atomic E-state index is -1.11. The van der Waals surface area contributed by atoms with Crippen molar-refractivity contribution in [2.45, 2.75) is 25.2 Å². The molecule has 0 aromatic carbocycles. The number of carbonyl (C=O) groups is 2. The van der Waals surface area contributed by atoms with Gasteiger partial charge < -0.3 is 25.5 Å². The molecule has 0 spiro atoms. The van der Waals surface area contributed by atoms with E-state index in [-0.39, 0.29) is 18.8 Å². The number of aliphatic hydroxyl groups excluding tert-OH is 2. The second kappa shape index (κ2) is 5.73. The largest absolute Gasteiger partial charge is 0.476 e. The highest BCUT2D eigenvalue weighted by Crippen LogP contribution is 2.19. The summed E-state index contributed by atoms with van der Waals surface area (Å²) >= 11 is 1.15. The molecule has 1 saturated heterocycles. The molecule has 4 N–H and O–H groups in total. The van der Waals surface area contributed by atoms with E-state index in [1.165, 1.54) is 10.3 Å². The number of carboxylic acids is 1. The molecular formula is C11H15N3O5S. The zero-order chi connectivity index (χ0) is 14.9. The monoisotopic (exact) mass is 301 g/mol. The van der Waals surface area contributed by atoms with Gasteiger partial charge in [-0.05, 0) is 6.92 Å². The number of thiazole rings is 1. The first-order valence-electron chi connectivity index (χ1n) is 5.98. The smallest absolute Gasteiger partial charge is 0.355 e. The van der Waals surface area contributed by atoms with Crippen LogP contribution in [0.15, 0.2) is 5.38 Å². The summed E-state index contributed by atoms with van der Waals surface area (Å²) in [6.07, 6.45) is -1.87. The van der Waals surface area contributed by atoms with Gasteiger partial charge in [0.2, 0.25) is 0 Å². The number of carboxylic acid groups (broad SMARTS) is 1. The van der Waals surface area contributed by atoms with Crippen molar-refractivity contribution in [3.8, 4) is 0 Å². The minimum Gasteiger partial charge on any atom is -0.476 e. The van der Waals surface area contributed by atoms with Gasteiger partial charge >= 0.3 is 12.0 Å². The molecule has 20 heavy (non-hydrogen) atoms. The molecule has 1 aliphatic heterocycles. The van der Waals surface area contributed by atoms with Gasteiger partial charge in [0.15, 0.2) is 5.69 Å². The van der Waals surface area contributed by atoms with Crippen molar-refractivity contribution in [3.05, 3.63) is 16.1 Å². The molecule has 1 aliphatic rings. The molecule has 8 nitrogen and oxygen atoms in total. The number of carbonyl (C=O) groups excluding carboxylic acids is 1. The van der Waals surface area contributed by atoms with Crippen molar-refractivity contribution in [3.63, 3.8) is 0 Å². The fourth-order valence-electron chi connectivity index (χ4n) is 1.86. The number of likely N-dealkylation sites (tertiary alicyclic amines) is 1. The Labute approximate surface area is 118 Å². The summed E-state index contributed by atoms with van der Waals surface area (Å²) in [7, 11) is 0. The zero-order valence-corrected chi connectivity index (χ0v) is 11.5. The standard InChI is InChI=1S/C11H15N3O5S/c1-5(9-13-6(4-20-9)10(17)18)12-11(19)14-2-7(15)8(16)3-14/h4-5,7-8,15-16H,2-3H2,1H3,(H,12,19)(H,17,18). The van der Waals surface area contributed by atoms with E-state index >= 15 is 0 Å². The number of hydrogen-bond donors (Lipinski definition) is 4. The third-order valence-corrected chi connectivity index (χ3v) is 4.03. The summed E-state index contributed by atoms with van der Waals surface area (Å²) in [6, 6.07) is -0.879. The summed E-state index contributed by atoms with van der Waals surface area (Å²) in [5.74, 6) is -1.11. The Morgan fingerprint density at radius 3 is 2.55 bits per heavy atom. The number of aliphatic hydroxyl groups is 2. The van der Waals surface area contributed by atoms with Crippen LogP contribution in [0.5, 0.6) is 0 Å². The summed E-state index contributed by atoms with van der Waals surface area (Å²) in [5.41, 5.74) is -0.0573. The Balaban J connectivity index is 1.95. The first-order chi connectivity index (χ1) is 9.38. The number of amides is 2. The van der Waals surface area contributed by atoms with Gasteiger partial charge in [0.1, 0.15) is 5.01 Å². The second-order valence-corrected chi connectivity index (χ2v) is 5.48. The van der Waals surface area contributed by atoms with Crippen LogP contribution in [-0.2, 0) is 0 Å². The fraction of sp³-hybridized carbons (Fsp3) is 0.545. The van der Waals surface area contributed by atoms with Crippen molar-refractivity contribution in [2.75, 3.05) is 13.1 Å². The Morgan fingerprint density at radius 1 is 1.45 bits per heavy atom. The highest BCUT2D eigenvalue weighted by Gasteiger charge is 2.33. The fourth-order valence-corrected chi connectivity index (χ4v) is 2.66. The van der Waals surface area contributed by atoms with Crippen LogP contribution >= 0.6 is 11.3 Å². The molecule has 3 atom stereocenters. The lowest BCUT2D eigenvalue weighted by atomic mass is 10.3. The van der Waals surface area contributed by atoms with Crippen LogP contribution in [0.25, 0.3) is 0 Å². The normalized spacial score (nSPS) is 23.6. The molecule has 3 unspecified atom stereocenters. The maximum Gasteiger partial charge on any atom is 0.355 e. The predicted octanol–water partition coefficient (Wildman–Crippen LogP) is -0.351. The number of aromatic carboxylic acids is 1. The lowest BCUT2D eigenvalue weighted by Gasteiger charge is -2.19. The molecule has 0 aliphatic carbocycles. The van der Waals surface area contributed by atoms with Gasteiger partial charge in [-0.15, -0.1) is 11.3 Å². The topological polar surface area (TPSA) is 123 Å². The third-order valence-electron chi connectivity index (χ3n) is 3.00. The van der Waals surface area contributed by atoms with Crippen LogP contribution in [0.3, 0.4) is 0 Å². The van der Waals surface area contributed by atoms with E-state index in [1.54, 1.807) is 6.92 Å².